The molecule has 0 spiro atoms. The zero-order chi connectivity index (χ0) is 13.1. The number of sulfonamides is 1. The first-order valence-electron chi connectivity index (χ1n) is 5.02. The van der Waals surface area contributed by atoms with Crippen LogP contribution in [0.5, 0.6) is 0 Å². The summed E-state index contributed by atoms with van der Waals surface area (Å²) in [4.78, 5) is 3.70. The van der Waals surface area contributed by atoms with Crippen molar-refractivity contribution in [2.75, 3.05) is 13.2 Å². The minimum Gasteiger partial charge on any atom is -0.375 e. The molecule has 1 rings (SSSR count). The molecule has 5 nitrogen and oxygen atoms in total. The number of nitrogens with zero attached hydrogens (tertiary/aromatic N) is 1. The minimum absolute atomic E-state index is 0.106. The van der Waals surface area contributed by atoms with Gasteiger partial charge in [0.2, 0.25) is 0 Å². The van der Waals surface area contributed by atoms with Gasteiger partial charge < -0.3 is 4.74 Å². The highest BCUT2D eigenvalue weighted by Crippen LogP contribution is 2.22. The standard InChI is InChI=1S/C9H15ClN2O3S2/c1-4-15-9(2,3)6-12-17(13,14)7-5-11-8(10)16-7/h5,12H,4,6H2,1-3H3. The summed E-state index contributed by atoms with van der Waals surface area (Å²) < 4.78 is 31.9. The predicted molar refractivity (Wildman–Crippen MR) is 68.0 cm³/mol. The molecule has 0 aliphatic carbocycles. The third kappa shape index (κ3) is 4.51. The lowest BCUT2D eigenvalue weighted by molar-refractivity contribution is -0.00514. The van der Waals surface area contributed by atoms with Crippen LogP contribution in [0.1, 0.15) is 20.8 Å². The summed E-state index contributed by atoms with van der Waals surface area (Å²) in [6.45, 7) is 6.22. The summed E-state index contributed by atoms with van der Waals surface area (Å²) in [5, 5.41) is 0. The molecule has 1 heterocycles. The molecule has 1 aromatic heterocycles. The molecule has 0 aromatic carbocycles. The molecule has 0 radical (unpaired) electrons. The summed E-state index contributed by atoms with van der Waals surface area (Å²) >= 11 is 6.52. The van der Waals surface area contributed by atoms with Crippen LogP contribution in [0.15, 0.2) is 10.4 Å². The molecule has 1 aromatic rings. The van der Waals surface area contributed by atoms with Gasteiger partial charge in [-0.15, -0.1) is 0 Å². The first kappa shape index (κ1) is 14.8. The van der Waals surface area contributed by atoms with E-state index in [4.69, 9.17) is 16.3 Å². The Labute approximate surface area is 110 Å². The molecule has 0 aliphatic rings. The van der Waals surface area contributed by atoms with E-state index in [-0.39, 0.29) is 15.2 Å². The van der Waals surface area contributed by atoms with Gasteiger partial charge in [-0.2, -0.15) is 0 Å². The van der Waals surface area contributed by atoms with Crippen LogP contribution in [0.25, 0.3) is 0 Å². The van der Waals surface area contributed by atoms with Crippen LogP contribution in [-0.4, -0.2) is 32.2 Å². The topological polar surface area (TPSA) is 68.3 Å². The third-order valence-corrected chi connectivity index (χ3v) is 4.92. The number of aromatic nitrogens is 1. The Balaban J connectivity index is 2.69. The van der Waals surface area contributed by atoms with Crippen molar-refractivity contribution in [3.63, 3.8) is 0 Å². The van der Waals surface area contributed by atoms with Gasteiger partial charge in [0.1, 0.15) is 0 Å². The second kappa shape index (κ2) is 5.62. The quantitative estimate of drug-likeness (QED) is 0.871. The van der Waals surface area contributed by atoms with Gasteiger partial charge in [0.25, 0.3) is 10.0 Å². The fraction of sp³-hybridized carbons (Fsp3) is 0.667. The largest absolute Gasteiger partial charge is 0.375 e. The van der Waals surface area contributed by atoms with E-state index in [1.807, 2.05) is 20.8 Å². The highest BCUT2D eigenvalue weighted by atomic mass is 35.5. The third-order valence-electron chi connectivity index (χ3n) is 1.94. The summed E-state index contributed by atoms with van der Waals surface area (Å²) in [6.07, 6.45) is 1.24. The molecule has 98 valence electrons. The van der Waals surface area contributed by atoms with E-state index >= 15 is 0 Å². The highest BCUT2D eigenvalue weighted by Gasteiger charge is 2.23. The average molecular weight is 299 g/mol. The average Bonchev–Trinajstić information content (AvgIpc) is 2.63. The van der Waals surface area contributed by atoms with Crippen LogP contribution in [-0.2, 0) is 14.8 Å². The van der Waals surface area contributed by atoms with Crippen molar-refractivity contribution in [2.24, 2.45) is 0 Å². The van der Waals surface area contributed by atoms with Gasteiger partial charge in [0.05, 0.1) is 11.8 Å². The van der Waals surface area contributed by atoms with Crippen LogP contribution in [0, 0.1) is 0 Å². The first-order chi connectivity index (χ1) is 7.77. The molecule has 0 saturated heterocycles. The lowest BCUT2D eigenvalue weighted by Gasteiger charge is -2.24. The van der Waals surface area contributed by atoms with Crippen LogP contribution in [0.2, 0.25) is 4.47 Å². The van der Waals surface area contributed by atoms with Crippen molar-refractivity contribution in [3.8, 4) is 0 Å². The fourth-order valence-corrected chi connectivity index (χ4v) is 3.68. The van der Waals surface area contributed by atoms with Gasteiger partial charge in [0.15, 0.2) is 8.68 Å². The molecular weight excluding hydrogens is 284 g/mol. The van der Waals surface area contributed by atoms with Crippen molar-refractivity contribution in [2.45, 2.75) is 30.6 Å². The second-order valence-corrected chi connectivity index (χ2v) is 7.56. The van der Waals surface area contributed by atoms with Gasteiger partial charge in [-0.1, -0.05) is 22.9 Å². The van der Waals surface area contributed by atoms with Crippen LogP contribution in [0.4, 0.5) is 0 Å². The SMILES string of the molecule is CCOC(C)(C)CNS(=O)(=O)c1cnc(Cl)s1. The number of rotatable bonds is 6. The number of thiazole rings is 1. The normalized spacial score (nSPS) is 12.9. The van der Waals surface area contributed by atoms with Crippen LogP contribution < -0.4 is 4.72 Å². The van der Waals surface area contributed by atoms with E-state index in [1.165, 1.54) is 6.20 Å². The Hall–Kier alpha value is -0.210. The maximum Gasteiger partial charge on any atom is 0.251 e. The van der Waals surface area contributed by atoms with E-state index in [9.17, 15) is 8.42 Å². The number of hydrogen-bond donors (Lipinski definition) is 1. The van der Waals surface area contributed by atoms with Crippen LogP contribution in [0.3, 0.4) is 0 Å². The minimum atomic E-state index is -3.55. The van der Waals surface area contributed by atoms with E-state index in [2.05, 4.69) is 9.71 Å². The molecule has 8 heteroatoms. The molecule has 0 saturated carbocycles. The van der Waals surface area contributed by atoms with Gasteiger partial charge in [0, 0.05) is 13.2 Å². The maximum absolute atomic E-state index is 11.8. The van der Waals surface area contributed by atoms with E-state index in [0.717, 1.165) is 11.3 Å². The molecule has 0 bridgehead atoms. The Morgan fingerprint density at radius 3 is 2.71 bits per heavy atom. The van der Waals surface area contributed by atoms with E-state index < -0.39 is 15.6 Å². The maximum atomic E-state index is 11.8. The molecular formula is C9H15ClN2O3S2. The monoisotopic (exact) mass is 298 g/mol. The van der Waals surface area contributed by atoms with Gasteiger partial charge in [-0.25, -0.2) is 18.1 Å². The highest BCUT2D eigenvalue weighted by molar-refractivity contribution is 7.91. The van der Waals surface area contributed by atoms with Crippen molar-refractivity contribution < 1.29 is 13.2 Å². The first-order valence-corrected chi connectivity index (χ1v) is 7.69. The zero-order valence-electron chi connectivity index (χ0n) is 9.86. The Bertz CT molecular complexity index is 470. The Morgan fingerprint density at radius 2 is 2.24 bits per heavy atom. The summed E-state index contributed by atoms with van der Waals surface area (Å²) in [7, 11) is -3.55. The zero-order valence-corrected chi connectivity index (χ0v) is 12.2. The van der Waals surface area contributed by atoms with Crippen molar-refractivity contribution in [3.05, 3.63) is 10.7 Å². The molecule has 0 unspecified atom stereocenters. The second-order valence-electron chi connectivity index (χ2n) is 3.95. The number of halogens is 1. The smallest absolute Gasteiger partial charge is 0.251 e. The number of nitrogens with one attached hydrogen (secondary N) is 1. The summed E-state index contributed by atoms with van der Waals surface area (Å²) in [5.41, 5.74) is -0.545. The van der Waals surface area contributed by atoms with Gasteiger partial charge in [-0.05, 0) is 20.8 Å². The molecule has 0 aliphatic heterocycles. The van der Waals surface area contributed by atoms with E-state index in [1.54, 1.807) is 0 Å². The molecule has 0 fully saturated rings. The van der Waals surface area contributed by atoms with Crippen molar-refractivity contribution in [1.82, 2.24) is 9.71 Å². The van der Waals surface area contributed by atoms with Crippen LogP contribution >= 0.6 is 22.9 Å². The summed E-state index contributed by atoms with van der Waals surface area (Å²) in [5.74, 6) is 0. The lowest BCUT2D eigenvalue weighted by Crippen LogP contribution is -2.40. The van der Waals surface area contributed by atoms with E-state index in [0.29, 0.717) is 6.61 Å². The predicted octanol–water partition coefficient (Wildman–Crippen LogP) is 1.89. The Morgan fingerprint density at radius 1 is 1.59 bits per heavy atom. The number of ether oxygens (including phenoxy) is 1. The van der Waals surface area contributed by atoms with Gasteiger partial charge in [-0.3, -0.25) is 0 Å². The molecule has 1 N–H and O–H groups in total. The fourth-order valence-electron chi connectivity index (χ4n) is 1.15. The summed E-state index contributed by atoms with van der Waals surface area (Å²) in [6, 6.07) is 0. The number of hydrogen-bond acceptors (Lipinski definition) is 5. The van der Waals surface area contributed by atoms with Gasteiger partial charge >= 0.3 is 0 Å². The van der Waals surface area contributed by atoms with Crippen molar-refractivity contribution in [1.29, 1.82) is 0 Å². The molecule has 0 amide bonds. The Kier molecular flexibility index (Phi) is 4.91. The lowest BCUT2D eigenvalue weighted by atomic mass is 10.1. The van der Waals surface area contributed by atoms with Crippen molar-refractivity contribution >= 4 is 33.0 Å². The molecule has 17 heavy (non-hydrogen) atoms. The molecule has 0 atom stereocenters.